The lowest BCUT2D eigenvalue weighted by Gasteiger charge is -1.95. The zero-order chi connectivity index (χ0) is 11.0. The lowest BCUT2D eigenvalue weighted by atomic mass is 10.3. The first-order valence-corrected chi connectivity index (χ1v) is 6.31. The highest BCUT2D eigenvalue weighted by Gasteiger charge is 2.21. The molecule has 0 bridgehead atoms. The molecule has 0 spiro atoms. The molecule has 2 aromatic heterocycles. The SMILES string of the molecule is Cc1ccsc1-c1nnc(CNC2CC2)o1. The third-order valence-electron chi connectivity index (χ3n) is 2.64. The van der Waals surface area contributed by atoms with Crippen molar-refractivity contribution in [2.45, 2.75) is 32.4 Å². The van der Waals surface area contributed by atoms with Gasteiger partial charge in [-0.1, -0.05) is 0 Å². The smallest absolute Gasteiger partial charge is 0.258 e. The van der Waals surface area contributed by atoms with Gasteiger partial charge in [0.25, 0.3) is 5.89 Å². The fourth-order valence-electron chi connectivity index (χ4n) is 1.53. The van der Waals surface area contributed by atoms with E-state index in [1.54, 1.807) is 11.3 Å². The molecule has 0 unspecified atom stereocenters. The van der Waals surface area contributed by atoms with Crippen molar-refractivity contribution in [2.75, 3.05) is 0 Å². The van der Waals surface area contributed by atoms with E-state index in [0.29, 0.717) is 24.4 Å². The Hall–Kier alpha value is -1.20. The van der Waals surface area contributed by atoms with E-state index in [9.17, 15) is 0 Å². The Morgan fingerprint density at radius 3 is 3.06 bits per heavy atom. The second-order valence-electron chi connectivity index (χ2n) is 4.09. The van der Waals surface area contributed by atoms with Crippen LogP contribution in [0.4, 0.5) is 0 Å². The Morgan fingerprint density at radius 1 is 1.50 bits per heavy atom. The average molecular weight is 235 g/mol. The van der Waals surface area contributed by atoms with Crippen LogP contribution in [0.25, 0.3) is 10.8 Å². The molecule has 5 heteroatoms. The molecule has 2 heterocycles. The molecule has 3 rings (SSSR count). The molecule has 1 N–H and O–H groups in total. The molecule has 0 aliphatic heterocycles. The monoisotopic (exact) mass is 235 g/mol. The van der Waals surface area contributed by atoms with Crippen molar-refractivity contribution in [2.24, 2.45) is 0 Å². The first-order valence-electron chi connectivity index (χ1n) is 5.43. The Balaban J connectivity index is 1.74. The van der Waals surface area contributed by atoms with Crippen molar-refractivity contribution in [3.8, 4) is 10.8 Å². The van der Waals surface area contributed by atoms with Gasteiger partial charge in [0, 0.05) is 6.04 Å². The number of rotatable bonds is 4. The molecule has 1 aliphatic carbocycles. The third kappa shape index (κ3) is 2.01. The zero-order valence-corrected chi connectivity index (χ0v) is 9.88. The molecule has 0 saturated heterocycles. The Morgan fingerprint density at radius 2 is 2.38 bits per heavy atom. The summed E-state index contributed by atoms with van der Waals surface area (Å²) in [5, 5.41) is 13.5. The molecule has 1 fully saturated rings. The van der Waals surface area contributed by atoms with Crippen molar-refractivity contribution in [3.05, 3.63) is 22.9 Å². The van der Waals surface area contributed by atoms with E-state index in [1.165, 1.54) is 18.4 Å². The van der Waals surface area contributed by atoms with Crippen LogP contribution in [-0.2, 0) is 6.54 Å². The van der Waals surface area contributed by atoms with Gasteiger partial charge in [-0.3, -0.25) is 0 Å². The number of hydrogen-bond acceptors (Lipinski definition) is 5. The number of aromatic nitrogens is 2. The highest BCUT2D eigenvalue weighted by Crippen LogP contribution is 2.27. The predicted octanol–water partition coefficient (Wildman–Crippen LogP) is 2.36. The first kappa shape index (κ1) is 9.99. The van der Waals surface area contributed by atoms with Gasteiger partial charge in [0.05, 0.1) is 11.4 Å². The first-order chi connectivity index (χ1) is 7.83. The van der Waals surface area contributed by atoms with E-state index in [0.717, 1.165) is 4.88 Å². The summed E-state index contributed by atoms with van der Waals surface area (Å²) in [5.74, 6) is 1.31. The van der Waals surface area contributed by atoms with Gasteiger partial charge in [0.1, 0.15) is 0 Å². The van der Waals surface area contributed by atoms with Crippen molar-refractivity contribution >= 4 is 11.3 Å². The van der Waals surface area contributed by atoms with Crippen molar-refractivity contribution in [1.82, 2.24) is 15.5 Å². The van der Waals surface area contributed by atoms with E-state index < -0.39 is 0 Å². The Labute approximate surface area is 97.7 Å². The molecule has 4 nitrogen and oxygen atoms in total. The van der Waals surface area contributed by atoms with Gasteiger partial charge in [-0.25, -0.2) is 0 Å². The molecular formula is C11H13N3OS. The summed E-state index contributed by atoms with van der Waals surface area (Å²) in [6.45, 7) is 2.74. The number of aryl methyl sites for hydroxylation is 1. The summed E-state index contributed by atoms with van der Waals surface area (Å²) in [5.41, 5.74) is 1.19. The van der Waals surface area contributed by atoms with E-state index in [-0.39, 0.29) is 0 Å². The molecule has 16 heavy (non-hydrogen) atoms. The van der Waals surface area contributed by atoms with Crippen LogP contribution in [0.5, 0.6) is 0 Å². The van der Waals surface area contributed by atoms with Crippen molar-refractivity contribution in [1.29, 1.82) is 0 Å². The number of nitrogens with zero attached hydrogens (tertiary/aromatic N) is 2. The summed E-state index contributed by atoms with van der Waals surface area (Å²) < 4.78 is 5.61. The maximum Gasteiger partial charge on any atom is 0.258 e. The minimum atomic E-state index is 0.639. The molecule has 2 aromatic rings. The van der Waals surface area contributed by atoms with Crippen LogP contribution in [0.3, 0.4) is 0 Å². The van der Waals surface area contributed by atoms with Gasteiger partial charge >= 0.3 is 0 Å². The molecule has 0 atom stereocenters. The summed E-state index contributed by atoms with van der Waals surface area (Å²) in [7, 11) is 0. The number of nitrogens with one attached hydrogen (secondary N) is 1. The molecule has 0 amide bonds. The standard InChI is InChI=1S/C11H13N3OS/c1-7-4-5-16-10(7)11-14-13-9(15-11)6-12-8-2-3-8/h4-5,8,12H,2-3,6H2,1H3. The second kappa shape index (κ2) is 3.99. The van der Waals surface area contributed by atoms with Crippen LogP contribution in [-0.4, -0.2) is 16.2 Å². The second-order valence-corrected chi connectivity index (χ2v) is 5.00. The minimum absolute atomic E-state index is 0.639. The fraction of sp³-hybridized carbons (Fsp3) is 0.455. The third-order valence-corrected chi connectivity index (χ3v) is 3.65. The van der Waals surface area contributed by atoms with Crippen LogP contribution in [0, 0.1) is 6.92 Å². The van der Waals surface area contributed by atoms with Crippen LogP contribution < -0.4 is 5.32 Å². The topological polar surface area (TPSA) is 51.0 Å². The number of thiophene rings is 1. The van der Waals surface area contributed by atoms with Gasteiger partial charge in [0.15, 0.2) is 0 Å². The fourth-order valence-corrected chi connectivity index (χ4v) is 2.37. The molecule has 1 aliphatic rings. The quantitative estimate of drug-likeness (QED) is 0.883. The predicted molar refractivity (Wildman–Crippen MR) is 62.2 cm³/mol. The minimum Gasteiger partial charge on any atom is -0.419 e. The van der Waals surface area contributed by atoms with Crippen molar-refractivity contribution < 1.29 is 4.42 Å². The Kier molecular flexibility index (Phi) is 2.49. The molecular weight excluding hydrogens is 222 g/mol. The normalized spacial score (nSPS) is 15.6. The summed E-state index contributed by atoms with van der Waals surface area (Å²) >= 11 is 1.64. The number of hydrogen-bond donors (Lipinski definition) is 1. The average Bonchev–Trinajstić information content (AvgIpc) is 2.82. The maximum absolute atomic E-state index is 5.61. The van der Waals surface area contributed by atoms with Gasteiger partial charge < -0.3 is 9.73 Å². The Bertz CT molecular complexity index is 487. The molecule has 1 saturated carbocycles. The van der Waals surface area contributed by atoms with Crippen LogP contribution in [0.2, 0.25) is 0 Å². The van der Waals surface area contributed by atoms with Gasteiger partial charge in [-0.05, 0) is 36.8 Å². The lowest BCUT2D eigenvalue weighted by molar-refractivity contribution is 0.477. The van der Waals surface area contributed by atoms with E-state index in [1.807, 2.05) is 5.38 Å². The van der Waals surface area contributed by atoms with Gasteiger partial charge in [-0.15, -0.1) is 21.5 Å². The van der Waals surface area contributed by atoms with E-state index in [4.69, 9.17) is 4.42 Å². The highest BCUT2D eigenvalue weighted by atomic mass is 32.1. The van der Waals surface area contributed by atoms with Crippen molar-refractivity contribution in [3.63, 3.8) is 0 Å². The molecule has 0 aromatic carbocycles. The lowest BCUT2D eigenvalue weighted by Crippen LogP contribution is -2.15. The summed E-state index contributed by atoms with van der Waals surface area (Å²) in [4.78, 5) is 1.07. The van der Waals surface area contributed by atoms with Crippen LogP contribution in [0.15, 0.2) is 15.9 Å². The van der Waals surface area contributed by atoms with Gasteiger partial charge in [0.2, 0.25) is 5.89 Å². The van der Waals surface area contributed by atoms with E-state index >= 15 is 0 Å². The largest absolute Gasteiger partial charge is 0.419 e. The highest BCUT2D eigenvalue weighted by molar-refractivity contribution is 7.13. The zero-order valence-electron chi connectivity index (χ0n) is 9.06. The molecule has 84 valence electrons. The maximum atomic E-state index is 5.61. The van der Waals surface area contributed by atoms with Crippen LogP contribution in [0.1, 0.15) is 24.3 Å². The van der Waals surface area contributed by atoms with E-state index in [2.05, 4.69) is 28.5 Å². The van der Waals surface area contributed by atoms with Crippen LogP contribution >= 0.6 is 11.3 Å². The summed E-state index contributed by atoms with van der Waals surface area (Å²) in [6, 6.07) is 2.73. The van der Waals surface area contributed by atoms with Gasteiger partial charge in [-0.2, -0.15) is 0 Å². The molecule has 0 radical (unpaired) electrons. The summed E-state index contributed by atoms with van der Waals surface area (Å²) in [6.07, 6.45) is 2.54.